The van der Waals surface area contributed by atoms with Gasteiger partial charge in [0.25, 0.3) is 0 Å². The largest absolute Gasteiger partial charge is 0.376 e. The molecular formula is C12H13BrClFN4. The van der Waals surface area contributed by atoms with Gasteiger partial charge < -0.3 is 5.32 Å². The standard InChI is InChI=1S/C12H13BrClFN4/c1-7(2)19-11(17-6-18-19)5-16-12-9(13)3-8(15)4-10(12)14/h3-4,6-7,16H,5H2,1-2H3. The van der Waals surface area contributed by atoms with Crippen molar-refractivity contribution in [2.75, 3.05) is 5.32 Å². The summed E-state index contributed by atoms with van der Waals surface area (Å²) >= 11 is 9.28. The first-order chi connectivity index (χ1) is 8.99. The Labute approximate surface area is 124 Å². The van der Waals surface area contributed by atoms with Crippen molar-refractivity contribution < 1.29 is 4.39 Å². The number of halogens is 3. The summed E-state index contributed by atoms with van der Waals surface area (Å²) in [6, 6.07) is 2.86. The molecule has 102 valence electrons. The molecule has 1 heterocycles. The van der Waals surface area contributed by atoms with Crippen LogP contribution < -0.4 is 5.32 Å². The topological polar surface area (TPSA) is 42.7 Å². The highest BCUT2D eigenvalue weighted by Gasteiger charge is 2.11. The number of nitrogens with zero attached hydrogens (tertiary/aromatic N) is 3. The molecular weight excluding hydrogens is 335 g/mol. The molecule has 0 unspecified atom stereocenters. The molecule has 2 rings (SSSR count). The maximum atomic E-state index is 13.1. The molecule has 0 aliphatic carbocycles. The molecule has 0 aliphatic heterocycles. The van der Waals surface area contributed by atoms with Crippen LogP contribution in [0.3, 0.4) is 0 Å². The van der Waals surface area contributed by atoms with Gasteiger partial charge in [0, 0.05) is 10.5 Å². The Morgan fingerprint density at radius 3 is 2.84 bits per heavy atom. The summed E-state index contributed by atoms with van der Waals surface area (Å²) in [5.41, 5.74) is 0.640. The molecule has 0 saturated carbocycles. The molecule has 19 heavy (non-hydrogen) atoms. The van der Waals surface area contributed by atoms with Crippen LogP contribution in [0.1, 0.15) is 25.7 Å². The summed E-state index contributed by atoms with van der Waals surface area (Å²) in [5, 5.41) is 7.61. The van der Waals surface area contributed by atoms with E-state index in [0.29, 0.717) is 21.7 Å². The van der Waals surface area contributed by atoms with Gasteiger partial charge in [0.15, 0.2) is 0 Å². The quantitative estimate of drug-likeness (QED) is 0.908. The number of benzene rings is 1. The highest BCUT2D eigenvalue weighted by atomic mass is 79.9. The molecule has 4 nitrogen and oxygen atoms in total. The highest BCUT2D eigenvalue weighted by Crippen LogP contribution is 2.31. The lowest BCUT2D eigenvalue weighted by molar-refractivity contribution is 0.509. The van der Waals surface area contributed by atoms with Crippen LogP contribution in [0.25, 0.3) is 0 Å². The summed E-state index contributed by atoms with van der Waals surface area (Å²) in [4.78, 5) is 4.19. The van der Waals surface area contributed by atoms with Crippen LogP contribution in [-0.4, -0.2) is 14.8 Å². The molecule has 1 aromatic carbocycles. The molecule has 0 saturated heterocycles. The third-order valence-electron chi connectivity index (χ3n) is 2.57. The average Bonchev–Trinajstić information content (AvgIpc) is 2.75. The molecule has 0 aliphatic rings. The van der Waals surface area contributed by atoms with E-state index < -0.39 is 0 Å². The average molecular weight is 348 g/mol. The zero-order valence-corrected chi connectivity index (χ0v) is 12.8. The second-order valence-electron chi connectivity index (χ2n) is 4.31. The summed E-state index contributed by atoms with van der Waals surface area (Å²) in [6.45, 7) is 4.51. The zero-order chi connectivity index (χ0) is 14.0. The van der Waals surface area contributed by atoms with Crippen molar-refractivity contribution in [3.8, 4) is 0 Å². The summed E-state index contributed by atoms with van der Waals surface area (Å²) in [5.74, 6) is 0.412. The Balaban J connectivity index is 2.17. The Morgan fingerprint density at radius 2 is 2.21 bits per heavy atom. The van der Waals surface area contributed by atoms with E-state index in [9.17, 15) is 4.39 Å². The second kappa shape index (κ2) is 5.88. The van der Waals surface area contributed by atoms with E-state index >= 15 is 0 Å². The molecule has 0 bridgehead atoms. The van der Waals surface area contributed by atoms with Gasteiger partial charge in [0.05, 0.1) is 17.3 Å². The van der Waals surface area contributed by atoms with Gasteiger partial charge in [0.2, 0.25) is 0 Å². The summed E-state index contributed by atoms with van der Waals surface area (Å²) in [7, 11) is 0. The van der Waals surface area contributed by atoms with Crippen LogP contribution in [0.2, 0.25) is 5.02 Å². The maximum absolute atomic E-state index is 13.1. The van der Waals surface area contributed by atoms with E-state index in [1.165, 1.54) is 18.5 Å². The fraction of sp³-hybridized carbons (Fsp3) is 0.333. The molecule has 0 atom stereocenters. The van der Waals surface area contributed by atoms with Gasteiger partial charge in [0.1, 0.15) is 18.0 Å². The monoisotopic (exact) mass is 346 g/mol. The minimum atomic E-state index is -0.382. The van der Waals surface area contributed by atoms with Crippen molar-refractivity contribution in [3.05, 3.63) is 39.6 Å². The SMILES string of the molecule is CC(C)n1ncnc1CNc1c(Cl)cc(F)cc1Br. The van der Waals surface area contributed by atoms with Gasteiger partial charge in [-0.2, -0.15) is 5.10 Å². The van der Waals surface area contributed by atoms with Gasteiger partial charge in [-0.1, -0.05) is 11.6 Å². The lowest BCUT2D eigenvalue weighted by atomic mass is 10.3. The smallest absolute Gasteiger partial charge is 0.146 e. The molecule has 1 aromatic heterocycles. The highest BCUT2D eigenvalue weighted by molar-refractivity contribution is 9.10. The zero-order valence-electron chi connectivity index (χ0n) is 10.5. The van der Waals surface area contributed by atoms with Crippen molar-refractivity contribution in [3.63, 3.8) is 0 Å². The molecule has 0 amide bonds. The third kappa shape index (κ3) is 3.25. The van der Waals surface area contributed by atoms with Crippen LogP contribution in [0.15, 0.2) is 22.9 Å². The maximum Gasteiger partial charge on any atom is 0.146 e. The number of rotatable bonds is 4. The Hall–Kier alpha value is -1.14. The fourth-order valence-corrected chi connectivity index (χ4v) is 2.67. The van der Waals surface area contributed by atoms with Crippen LogP contribution in [-0.2, 0) is 6.54 Å². The number of nitrogens with one attached hydrogen (secondary N) is 1. The van der Waals surface area contributed by atoms with Crippen molar-refractivity contribution in [1.82, 2.24) is 14.8 Å². The van der Waals surface area contributed by atoms with Gasteiger partial charge in [-0.3, -0.25) is 0 Å². The fourth-order valence-electron chi connectivity index (χ4n) is 1.71. The Morgan fingerprint density at radius 1 is 1.47 bits per heavy atom. The summed E-state index contributed by atoms with van der Waals surface area (Å²) < 4.78 is 15.5. The van der Waals surface area contributed by atoms with Gasteiger partial charge in [-0.05, 0) is 41.9 Å². The molecule has 0 radical (unpaired) electrons. The normalized spacial score (nSPS) is 11.1. The predicted octanol–water partition coefficient (Wildman–Crippen LogP) is 4.03. The van der Waals surface area contributed by atoms with E-state index in [1.54, 1.807) is 0 Å². The first-order valence-electron chi connectivity index (χ1n) is 5.76. The number of aromatic nitrogens is 3. The van der Waals surface area contributed by atoms with Gasteiger partial charge in [-0.15, -0.1) is 0 Å². The second-order valence-corrected chi connectivity index (χ2v) is 5.57. The van der Waals surface area contributed by atoms with Gasteiger partial charge in [-0.25, -0.2) is 14.1 Å². The Bertz CT molecular complexity index is 562. The minimum absolute atomic E-state index is 0.228. The summed E-state index contributed by atoms with van der Waals surface area (Å²) in [6.07, 6.45) is 1.51. The van der Waals surface area contributed by atoms with E-state index in [0.717, 1.165) is 5.82 Å². The third-order valence-corrected chi connectivity index (χ3v) is 3.49. The lowest BCUT2D eigenvalue weighted by Gasteiger charge is -2.13. The first kappa shape index (κ1) is 14.3. The number of hydrogen-bond acceptors (Lipinski definition) is 3. The molecule has 2 aromatic rings. The van der Waals surface area contributed by atoms with Crippen molar-refractivity contribution in [2.24, 2.45) is 0 Å². The minimum Gasteiger partial charge on any atom is -0.376 e. The molecule has 1 N–H and O–H groups in total. The van der Waals surface area contributed by atoms with Gasteiger partial charge >= 0.3 is 0 Å². The lowest BCUT2D eigenvalue weighted by Crippen LogP contribution is -2.12. The van der Waals surface area contributed by atoms with Crippen LogP contribution >= 0.6 is 27.5 Å². The molecule has 0 fully saturated rings. The van der Waals surface area contributed by atoms with E-state index in [1.807, 2.05) is 18.5 Å². The van der Waals surface area contributed by atoms with Crippen LogP contribution in [0, 0.1) is 5.82 Å². The van der Waals surface area contributed by atoms with E-state index in [-0.39, 0.29) is 11.9 Å². The van der Waals surface area contributed by atoms with Crippen LogP contribution in [0.4, 0.5) is 10.1 Å². The van der Waals surface area contributed by atoms with E-state index in [2.05, 4.69) is 31.3 Å². The van der Waals surface area contributed by atoms with Crippen molar-refractivity contribution in [2.45, 2.75) is 26.4 Å². The number of hydrogen-bond donors (Lipinski definition) is 1. The molecule has 0 spiro atoms. The Kier molecular flexibility index (Phi) is 4.42. The van der Waals surface area contributed by atoms with Crippen molar-refractivity contribution in [1.29, 1.82) is 0 Å². The van der Waals surface area contributed by atoms with Crippen LogP contribution in [0.5, 0.6) is 0 Å². The van der Waals surface area contributed by atoms with E-state index in [4.69, 9.17) is 11.6 Å². The van der Waals surface area contributed by atoms with Crippen molar-refractivity contribution >= 4 is 33.2 Å². The number of anilines is 1. The predicted molar refractivity (Wildman–Crippen MR) is 76.8 cm³/mol. The first-order valence-corrected chi connectivity index (χ1v) is 6.93. The molecule has 7 heteroatoms.